The molecule has 2 atom stereocenters. The first-order valence-electron chi connectivity index (χ1n) is 10.3. The largest absolute Gasteiger partial charge is 0.376 e. The fourth-order valence-electron chi connectivity index (χ4n) is 3.02. The highest BCUT2D eigenvalue weighted by atomic mass is 32.2. The van der Waals surface area contributed by atoms with Gasteiger partial charge in [0.25, 0.3) is 10.1 Å². The number of ether oxygens (including phenoxy) is 3. The molecule has 0 aromatic heterocycles. The highest BCUT2D eigenvalue weighted by molar-refractivity contribution is 7.99. The average Bonchev–Trinajstić information content (AvgIpc) is 2.59. The number of rotatable bonds is 16. The molecule has 6 nitrogen and oxygen atoms in total. The number of thioether (sulfide) groups is 1. The third-order valence-electron chi connectivity index (χ3n) is 4.51. The topological polar surface area (TPSA) is 82.1 Å². The van der Waals surface area contributed by atoms with Crippen LogP contribution in [0.4, 0.5) is 0 Å². The Bertz CT molecular complexity index is 471. The summed E-state index contributed by atoms with van der Waals surface area (Å²) in [4.78, 5) is 0. The summed E-state index contributed by atoms with van der Waals surface area (Å²) < 4.78 is 47.3. The second kappa shape index (κ2) is 14.2. The molecule has 0 amide bonds. The Balaban J connectivity index is 2.07. The lowest BCUT2D eigenvalue weighted by molar-refractivity contribution is -0.296. The molecule has 0 radical (unpaired) electrons. The molecule has 8 heteroatoms. The normalized spacial score (nSPS) is 23.6. The molecule has 0 spiro atoms. The van der Waals surface area contributed by atoms with Gasteiger partial charge < -0.3 is 14.2 Å². The van der Waals surface area contributed by atoms with Crippen LogP contribution >= 0.6 is 11.8 Å². The Morgan fingerprint density at radius 1 is 1.15 bits per heavy atom. The van der Waals surface area contributed by atoms with E-state index in [0.717, 1.165) is 12.2 Å². The quantitative estimate of drug-likeness (QED) is 0.291. The summed E-state index contributed by atoms with van der Waals surface area (Å²) >= 11 is 1.95. The molecular weight excluding hydrogens is 388 g/mol. The first-order chi connectivity index (χ1) is 12.8. The van der Waals surface area contributed by atoms with E-state index in [1.165, 1.54) is 50.7 Å². The lowest BCUT2D eigenvalue weighted by Crippen LogP contribution is -2.46. The van der Waals surface area contributed by atoms with Gasteiger partial charge in [-0.25, -0.2) is 0 Å². The Hall–Kier alpha value is 0.140. The standard InChI is InChI=1S/C19H38O6S2/c1-3-4-5-6-7-8-9-14-26-16-18-11-13-24-19(2,25-18)17-23-12-10-15-27(20,21)22/h18H,3-17H2,1-2H3,(H,20,21,22). The zero-order valence-corrected chi connectivity index (χ0v) is 18.6. The van der Waals surface area contributed by atoms with Crippen LogP contribution in [0.25, 0.3) is 0 Å². The van der Waals surface area contributed by atoms with Gasteiger partial charge in [0.05, 0.1) is 18.5 Å². The monoisotopic (exact) mass is 426 g/mol. The summed E-state index contributed by atoms with van der Waals surface area (Å²) in [5.41, 5.74) is 0. The van der Waals surface area contributed by atoms with Gasteiger partial charge in [-0.3, -0.25) is 4.55 Å². The zero-order valence-electron chi connectivity index (χ0n) is 17.0. The van der Waals surface area contributed by atoms with E-state index in [2.05, 4.69) is 6.92 Å². The minimum absolute atomic E-state index is 0.166. The zero-order chi connectivity index (χ0) is 20.0. The van der Waals surface area contributed by atoms with Gasteiger partial charge in [0.1, 0.15) is 6.61 Å². The summed E-state index contributed by atoms with van der Waals surface area (Å²) in [7, 11) is -3.92. The van der Waals surface area contributed by atoms with Crippen molar-refractivity contribution in [1.82, 2.24) is 0 Å². The second-order valence-electron chi connectivity index (χ2n) is 7.40. The van der Waals surface area contributed by atoms with Crippen LogP contribution in [0.2, 0.25) is 0 Å². The number of hydrogen-bond acceptors (Lipinski definition) is 6. The summed E-state index contributed by atoms with van der Waals surface area (Å²) in [5.74, 6) is 1.08. The van der Waals surface area contributed by atoms with Gasteiger partial charge in [0.15, 0.2) is 5.79 Å². The average molecular weight is 427 g/mol. The van der Waals surface area contributed by atoms with Crippen molar-refractivity contribution in [1.29, 1.82) is 0 Å². The van der Waals surface area contributed by atoms with Crippen molar-refractivity contribution in [3.8, 4) is 0 Å². The fourth-order valence-corrected chi connectivity index (χ4v) is 4.58. The molecule has 2 unspecified atom stereocenters. The molecule has 0 aromatic rings. The molecule has 1 N–H and O–H groups in total. The van der Waals surface area contributed by atoms with E-state index in [0.29, 0.717) is 6.61 Å². The first-order valence-corrected chi connectivity index (χ1v) is 13.0. The molecule has 27 heavy (non-hydrogen) atoms. The van der Waals surface area contributed by atoms with Gasteiger partial charge in [-0.15, -0.1) is 0 Å². The van der Waals surface area contributed by atoms with Crippen LogP contribution in [0.15, 0.2) is 0 Å². The number of hydrogen-bond donors (Lipinski definition) is 1. The van der Waals surface area contributed by atoms with Crippen LogP contribution in [0.1, 0.15) is 71.6 Å². The molecule has 0 aliphatic carbocycles. The maximum atomic E-state index is 10.7. The molecule has 1 aliphatic rings. The molecule has 0 saturated carbocycles. The molecule has 1 rings (SSSR count). The minimum atomic E-state index is -3.92. The number of unbranched alkanes of at least 4 members (excludes halogenated alkanes) is 6. The summed E-state index contributed by atoms with van der Waals surface area (Å²) in [5, 5.41) is 0. The van der Waals surface area contributed by atoms with Crippen LogP contribution in [0.5, 0.6) is 0 Å². The predicted octanol–water partition coefficient (Wildman–Crippen LogP) is 4.29. The van der Waals surface area contributed by atoms with Crippen molar-refractivity contribution in [2.24, 2.45) is 0 Å². The van der Waals surface area contributed by atoms with Gasteiger partial charge in [0, 0.05) is 12.4 Å². The maximum absolute atomic E-state index is 10.7. The smallest absolute Gasteiger partial charge is 0.264 e. The molecular formula is C19H38O6S2. The predicted molar refractivity (Wildman–Crippen MR) is 111 cm³/mol. The highest BCUT2D eigenvalue weighted by Crippen LogP contribution is 2.26. The lowest BCUT2D eigenvalue weighted by Gasteiger charge is -2.38. The Morgan fingerprint density at radius 3 is 2.56 bits per heavy atom. The van der Waals surface area contributed by atoms with Crippen molar-refractivity contribution in [2.75, 3.05) is 37.1 Å². The van der Waals surface area contributed by atoms with Crippen LogP contribution in [0.3, 0.4) is 0 Å². The molecule has 0 bridgehead atoms. The highest BCUT2D eigenvalue weighted by Gasteiger charge is 2.34. The van der Waals surface area contributed by atoms with Crippen molar-refractivity contribution in [2.45, 2.75) is 83.5 Å². The SMILES string of the molecule is CCCCCCCCCSCC1CCOC(C)(COCCCS(=O)(=O)O)O1. The summed E-state index contributed by atoms with van der Waals surface area (Å²) in [6.45, 7) is 5.27. The lowest BCUT2D eigenvalue weighted by atomic mass is 10.1. The Kier molecular flexibility index (Phi) is 13.2. The van der Waals surface area contributed by atoms with Crippen molar-refractivity contribution in [3.05, 3.63) is 0 Å². The maximum Gasteiger partial charge on any atom is 0.264 e. The Morgan fingerprint density at radius 2 is 1.85 bits per heavy atom. The third kappa shape index (κ3) is 13.9. The molecule has 1 saturated heterocycles. The van der Waals surface area contributed by atoms with E-state index < -0.39 is 15.9 Å². The summed E-state index contributed by atoms with van der Waals surface area (Å²) in [6.07, 6.45) is 10.7. The molecule has 1 heterocycles. The van der Waals surface area contributed by atoms with Crippen LogP contribution in [-0.2, 0) is 24.3 Å². The second-order valence-corrected chi connectivity index (χ2v) is 10.1. The van der Waals surface area contributed by atoms with E-state index in [9.17, 15) is 8.42 Å². The van der Waals surface area contributed by atoms with E-state index >= 15 is 0 Å². The van der Waals surface area contributed by atoms with Crippen molar-refractivity contribution in [3.63, 3.8) is 0 Å². The fraction of sp³-hybridized carbons (Fsp3) is 1.00. The van der Waals surface area contributed by atoms with Gasteiger partial charge >= 0.3 is 0 Å². The van der Waals surface area contributed by atoms with Crippen LogP contribution in [-0.4, -0.2) is 61.9 Å². The summed E-state index contributed by atoms with van der Waals surface area (Å²) in [6, 6.07) is 0. The van der Waals surface area contributed by atoms with Crippen LogP contribution in [0, 0.1) is 0 Å². The van der Waals surface area contributed by atoms with Crippen LogP contribution < -0.4 is 0 Å². The Labute approximate surface area is 169 Å². The van der Waals surface area contributed by atoms with Crippen molar-refractivity contribution >= 4 is 21.9 Å². The molecule has 1 aliphatic heterocycles. The van der Waals surface area contributed by atoms with E-state index in [-0.39, 0.29) is 31.5 Å². The third-order valence-corrected chi connectivity index (χ3v) is 6.50. The molecule has 162 valence electrons. The first kappa shape index (κ1) is 25.2. The minimum Gasteiger partial charge on any atom is -0.376 e. The molecule has 0 aromatic carbocycles. The van der Waals surface area contributed by atoms with Gasteiger partial charge in [-0.1, -0.05) is 45.4 Å². The van der Waals surface area contributed by atoms with E-state index in [4.69, 9.17) is 18.8 Å². The van der Waals surface area contributed by atoms with Gasteiger partial charge in [-0.05, 0) is 31.9 Å². The van der Waals surface area contributed by atoms with Gasteiger partial charge in [0.2, 0.25) is 0 Å². The van der Waals surface area contributed by atoms with E-state index in [1.807, 2.05) is 18.7 Å². The van der Waals surface area contributed by atoms with E-state index in [1.54, 1.807) is 0 Å². The molecule has 1 fully saturated rings. The van der Waals surface area contributed by atoms with Crippen molar-refractivity contribution < 1.29 is 27.2 Å². The van der Waals surface area contributed by atoms with Gasteiger partial charge in [-0.2, -0.15) is 20.2 Å².